The summed E-state index contributed by atoms with van der Waals surface area (Å²) in [7, 11) is 0. The molecule has 3 heteroatoms. The van der Waals surface area contributed by atoms with Crippen molar-refractivity contribution in [1.82, 2.24) is 5.32 Å². The van der Waals surface area contributed by atoms with Crippen LogP contribution in [-0.2, 0) is 0 Å². The molecule has 90 valence electrons. The van der Waals surface area contributed by atoms with Crippen molar-refractivity contribution < 1.29 is 10.2 Å². The maximum Gasteiger partial charge on any atom is 0.0494 e. The maximum absolute atomic E-state index is 9.17. The minimum atomic E-state index is -0.0344. The molecule has 0 bridgehead atoms. The second-order valence-electron chi connectivity index (χ2n) is 5.59. The Labute approximate surface area is 92.9 Å². The third-order valence-corrected chi connectivity index (χ3v) is 3.49. The number of hydrogen-bond acceptors (Lipinski definition) is 3. The van der Waals surface area contributed by atoms with E-state index in [-0.39, 0.29) is 12.0 Å². The van der Waals surface area contributed by atoms with Gasteiger partial charge in [0.1, 0.15) is 0 Å². The van der Waals surface area contributed by atoms with E-state index in [4.69, 9.17) is 5.11 Å². The second kappa shape index (κ2) is 5.83. The molecule has 0 aromatic heterocycles. The average Bonchev–Trinajstić information content (AvgIpc) is 2.65. The van der Waals surface area contributed by atoms with Crippen LogP contribution < -0.4 is 5.32 Å². The minimum absolute atomic E-state index is 0.0344. The van der Waals surface area contributed by atoms with E-state index in [1.807, 2.05) is 0 Å². The molecule has 1 fully saturated rings. The van der Waals surface area contributed by atoms with Crippen LogP contribution in [0, 0.1) is 17.3 Å². The monoisotopic (exact) mass is 215 g/mol. The van der Waals surface area contributed by atoms with Gasteiger partial charge in [-0.25, -0.2) is 0 Å². The average molecular weight is 215 g/mol. The van der Waals surface area contributed by atoms with Crippen molar-refractivity contribution in [3.8, 4) is 0 Å². The number of nitrogens with one attached hydrogen (secondary N) is 1. The van der Waals surface area contributed by atoms with E-state index in [0.29, 0.717) is 18.4 Å². The molecule has 2 atom stereocenters. The molecule has 2 unspecified atom stereocenters. The van der Waals surface area contributed by atoms with Gasteiger partial charge in [-0.1, -0.05) is 20.3 Å². The van der Waals surface area contributed by atoms with Gasteiger partial charge < -0.3 is 15.5 Å². The first-order valence-electron chi connectivity index (χ1n) is 6.01. The highest BCUT2D eigenvalue weighted by molar-refractivity contribution is 4.80. The van der Waals surface area contributed by atoms with E-state index in [1.165, 1.54) is 19.3 Å². The number of rotatable bonds is 6. The Morgan fingerprint density at radius 3 is 2.47 bits per heavy atom. The molecule has 1 aliphatic carbocycles. The molecule has 0 radical (unpaired) electrons. The molecule has 0 aromatic carbocycles. The van der Waals surface area contributed by atoms with Crippen LogP contribution in [0.25, 0.3) is 0 Å². The van der Waals surface area contributed by atoms with Gasteiger partial charge in [0.05, 0.1) is 0 Å². The van der Waals surface area contributed by atoms with Gasteiger partial charge in [-0.2, -0.15) is 0 Å². The molecule has 0 aromatic rings. The summed E-state index contributed by atoms with van der Waals surface area (Å²) in [5.74, 6) is 1.12. The second-order valence-corrected chi connectivity index (χ2v) is 5.59. The van der Waals surface area contributed by atoms with Crippen LogP contribution in [0.2, 0.25) is 0 Å². The SMILES string of the molecule is CC(C)(CO)CNCC1CCCC1CO. The summed E-state index contributed by atoms with van der Waals surface area (Å²) in [5.41, 5.74) is -0.0344. The number of aliphatic hydroxyl groups excluding tert-OH is 2. The first-order chi connectivity index (χ1) is 7.09. The summed E-state index contributed by atoms with van der Waals surface area (Å²) >= 11 is 0. The lowest BCUT2D eigenvalue weighted by Crippen LogP contribution is -2.36. The molecule has 1 aliphatic rings. The summed E-state index contributed by atoms with van der Waals surface area (Å²) < 4.78 is 0. The molecule has 0 amide bonds. The quantitative estimate of drug-likeness (QED) is 0.619. The van der Waals surface area contributed by atoms with Crippen molar-refractivity contribution in [2.24, 2.45) is 17.3 Å². The number of hydrogen-bond donors (Lipinski definition) is 3. The fraction of sp³-hybridized carbons (Fsp3) is 1.00. The Kier molecular flexibility index (Phi) is 5.03. The van der Waals surface area contributed by atoms with Crippen LogP contribution in [0.15, 0.2) is 0 Å². The first kappa shape index (κ1) is 12.9. The molecule has 3 nitrogen and oxygen atoms in total. The topological polar surface area (TPSA) is 52.5 Å². The normalized spacial score (nSPS) is 27.2. The van der Waals surface area contributed by atoms with E-state index in [9.17, 15) is 5.11 Å². The van der Waals surface area contributed by atoms with E-state index in [2.05, 4.69) is 19.2 Å². The zero-order valence-corrected chi connectivity index (χ0v) is 10.00. The first-order valence-corrected chi connectivity index (χ1v) is 6.01. The summed E-state index contributed by atoms with van der Waals surface area (Å²) in [5, 5.41) is 21.7. The molecule has 0 heterocycles. The van der Waals surface area contributed by atoms with Crippen LogP contribution in [0.4, 0.5) is 0 Å². The van der Waals surface area contributed by atoms with Gasteiger partial charge >= 0.3 is 0 Å². The zero-order chi connectivity index (χ0) is 11.3. The van der Waals surface area contributed by atoms with Gasteiger partial charge in [-0.3, -0.25) is 0 Å². The smallest absolute Gasteiger partial charge is 0.0494 e. The molecule has 1 rings (SSSR count). The van der Waals surface area contributed by atoms with Gasteiger partial charge in [-0.05, 0) is 31.2 Å². The maximum atomic E-state index is 9.17. The molecular formula is C12H25NO2. The Hall–Kier alpha value is -0.120. The standard InChI is InChI=1S/C12H25NO2/c1-12(2,9-15)8-13-6-10-4-3-5-11(10)7-14/h10-11,13-15H,3-9H2,1-2H3. The Morgan fingerprint density at radius 2 is 1.87 bits per heavy atom. The van der Waals surface area contributed by atoms with Crippen LogP contribution in [0.3, 0.4) is 0 Å². The summed E-state index contributed by atoms with van der Waals surface area (Å²) in [6.45, 7) is 6.48. The van der Waals surface area contributed by atoms with Gasteiger partial charge in [0.15, 0.2) is 0 Å². The van der Waals surface area contributed by atoms with E-state index in [1.54, 1.807) is 0 Å². The van der Waals surface area contributed by atoms with Crippen LogP contribution in [0.5, 0.6) is 0 Å². The highest BCUT2D eigenvalue weighted by Crippen LogP contribution is 2.30. The molecule has 1 saturated carbocycles. The van der Waals surface area contributed by atoms with Crippen molar-refractivity contribution in [3.63, 3.8) is 0 Å². The highest BCUT2D eigenvalue weighted by Gasteiger charge is 2.26. The van der Waals surface area contributed by atoms with E-state index < -0.39 is 0 Å². The van der Waals surface area contributed by atoms with Crippen molar-refractivity contribution in [2.75, 3.05) is 26.3 Å². The lowest BCUT2D eigenvalue weighted by molar-refractivity contribution is 0.150. The Balaban J connectivity index is 2.19. The predicted molar refractivity (Wildman–Crippen MR) is 61.7 cm³/mol. The summed E-state index contributed by atoms with van der Waals surface area (Å²) in [6, 6.07) is 0. The van der Waals surface area contributed by atoms with E-state index in [0.717, 1.165) is 13.1 Å². The van der Waals surface area contributed by atoms with Crippen molar-refractivity contribution in [3.05, 3.63) is 0 Å². The molecule has 0 spiro atoms. The van der Waals surface area contributed by atoms with Crippen molar-refractivity contribution in [1.29, 1.82) is 0 Å². The fourth-order valence-electron chi connectivity index (χ4n) is 2.27. The molecular weight excluding hydrogens is 190 g/mol. The molecule has 0 saturated heterocycles. The van der Waals surface area contributed by atoms with Gasteiger partial charge in [0.2, 0.25) is 0 Å². The largest absolute Gasteiger partial charge is 0.396 e. The fourth-order valence-corrected chi connectivity index (χ4v) is 2.27. The lowest BCUT2D eigenvalue weighted by atomic mass is 9.93. The van der Waals surface area contributed by atoms with Crippen LogP contribution in [-0.4, -0.2) is 36.5 Å². The molecule has 15 heavy (non-hydrogen) atoms. The van der Waals surface area contributed by atoms with Crippen LogP contribution in [0.1, 0.15) is 33.1 Å². The Morgan fingerprint density at radius 1 is 1.20 bits per heavy atom. The third-order valence-electron chi connectivity index (χ3n) is 3.49. The lowest BCUT2D eigenvalue weighted by Gasteiger charge is -2.24. The molecule has 3 N–H and O–H groups in total. The number of aliphatic hydroxyl groups is 2. The van der Waals surface area contributed by atoms with Gasteiger partial charge in [0.25, 0.3) is 0 Å². The van der Waals surface area contributed by atoms with Gasteiger partial charge in [0, 0.05) is 25.2 Å². The summed E-state index contributed by atoms with van der Waals surface area (Å²) in [6.07, 6.45) is 3.66. The molecule has 0 aliphatic heterocycles. The van der Waals surface area contributed by atoms with Crippen molar-refractivity contribution in [2.45, 2.75) is 33.1 Å². The van der Waals surface area contributed by atoms with Crippen LogP contribution >= 0.6 is 0 Å². The summed E-state index contributed by atoms with van der Waals surface area (Å²) in [4.78, 5) is 0. The zero-order valence-electron chi connectivity index (χ0n) is 10.00. The van der Waals surface area contributed by atoms with E-state index >= 15 is 0 Å². The minimum Gasteiger partial charge on any atom is -0.396 e. The van der Waals surface area contributed by atoms with Crippen molar-refractivity contribution >= 4 is 0 Å². The highest BCUT2D eigenvalue weighted by atomic mass is 16.3. The van der Waals surface area contributed by atoms with Gasteiger partial charge in [-0.15, -0.1) is 0 Å². The third kappa shape index (κ3) is 4.09. The predicted octanol–water partition coefficient (Wildman–Crippen LogP) is 1.00. The Bertz CT molecular complexity index is 182.